The summed E-state index contributed by atoms with van der Waals surface area (Å²) in [6.45, 7) is 3.22. The first kappa shape index (κ1) is 19.7. The topological polar surface area (TPSA) is 66.9 Å². The normalized spacial score (nSPS) is 20.0. The van der Waals surface area contributed by atoms with E-state index >= 15 is 0 Å². The molecule has 2 heterocycles. The molecule has 0 atom stereocenters. The van der Waals surface area contributed by atoms with Gasteiger partial charge in [0.05, 0.1) is 23.7 Å². The second-order valence-corrected chi connectivity index (χ2v) is 9.37. The van der Waals surface area contributed by atoms with E-state index in [2.05, 4.69) is 0 Å². The number of amides is 1. The lowest BCUT2D eigenvalue weighted by molar-refractivity contribution is 0.0300. The predicted molar refractivity (Wildman–Crippen MR) is 102 cm³/mol. The second-order valence-electron chi connectivity index (χ2n) is 6.58. The number of morpholine rings is 1. The van der Waals surface area contributed by atoms with Crippen LogP contribution in [0.5, 0.6) is 0 Å². The van der Waals surface area contributed by atoms with Crippen LogP contribution in [0.4, 0.5) is 0 Å². The molecule has 0 saturated carbocycles. The Kier molecular flexibility index (Phi) is 6.60. The number of sulfonamides is 1. The summed E-state index contributed by atoms with van der Waals surface area (Å²) in [5, 5.41) is 0. The minimum absolute atomic E-state index is 0.120. The maximum Gasteiger partial charge on any atom is 0.255 e. The Morgan fingerprint density at radius 2 is 1.69 bits per heavy atom. The fourth-order valence-corrected chi connectivity index (χ4v) is 5.50. The molecule has 3 rings (SSSR count). The number of ether oxygens (including phenoxy) is 1. The van der Waals surface area contributed by atoms with Crippen molar-refractivity contribution in [1.29, 1.82) is 0 Å². The van der Waals surface area contributed by atoms with Gasteiger partial charge in [-0.3, -0.25) is 4.79 Å². The van der Waals surface area contributed by atoms with Gasteiger partial charge in [0.15, 0.2) is 0 Å². The quantitative estimate of drug-likeness (QED) is 0.729. The van der Waals surface area contributed by atoms with Gasteiger partial charge in [-0.05, 0) is 37.3 Å². The first-order valence-corrected chi connectivity index (χ1v) is 11.8. The summed E-state index contributed by atoms with van der Waals surface area (Å²) in [5.74, 6) is -0.120. The van der Waals surface area contributed by atoms with Gasteiger partial charge >= 0.3 is 0 Å². The van der Waals surface area contributed by atoms with Gasteiger partial charge in [-0.25, -0.2) is 8.42 Å². The molecule has 8 heteroatoms. The lowest BCUT2D eigenvalue weighted by atomic mass is 10.2. The van der Waals surface area contributed by atoms with E-state index in [1.165, 1.54) is 11.8 Å². The SMILES string of the molecule is CSc1ccc(S(=O)(=O)N2CCCCCC2)cc1C(=O)N1CCOCC1. The van der Waals surface area contributed by atoms with Crippen molar-refractivity contribution in [2.45, 2.75) is 35.5 Å². The molecule has 0 bridgehead atoms. The van der Waals surface area contributed by atoms with Crippen LogP contribution < -0.4 is 0 Å². The molecule has 0 spiro atoms. The summed E-state index contributed by atoms with van der Waals surface area (Å²) in [7, 11) is -3.57. The van der Waals surface area contributed by atoms with E-state index in [0.29, 0.717) is 45.0 Å². The fraction of sp³-hybridized carbons (Fsp3) is 0.611. The van der Waals surface area contributed by atoms with E-state index in [-0.39, 0.29) is 10.8 Å². The predicted octanol–water partition coefficient (Wildman–Crippen LogP) is 2.45. The van der Waals surface area contributed by atoms with Crippen LogP contribution in [-0.2, 0) is 14.8 Å². The van der Waals surface area contributed by atoms with Gasteiger partial charge < -0.3 is 9.64 Å². The average molecular weight is 399 g/mol. The number of hydrogen-bond acceptors (Lipinski definition) is 5. The molecule has 1 amide bonds. The van der Waals surface area contributed by atoms with Gasteiger partial charge in [0, 0.05) is 31.1 Å². The third-order valence-electron chi connectivity index (χ3n) is 4.90. The Hall–Kier alpha value is -1.09. The van der Waals surface area contributed by atoms with E-state index in [1.54, 1.807) is 27.4 Å². The molecule has 144 valence electrons. The van der Waals surface area contributed by atoms with Crippen LogP contribution in [0.2, 0.25) is 0 Å². The minimum Gasteiger partial charge on any atom is -0.378 e. The summed E-state index contributed by atoms with van der Waals surface area (Å²) in [6.07, 6.45) is 5.81. The Morgan fingerprint density at radius 3 is 2.31 bits per heavy atom. The highest BCUT2D eigenvalue weighted by Gasteiger charge is 2.28. The van der Waals surface area contributed by atoms with E-state index in [4.69, 9.17) is 4.74 Å². The molecule has 0 unspecified atom stereocenters. The van der Waals surface area contributed by atoms with Crippen molar-refractivity contribution in [2.24, 2.45) is 0 Å². The number of carbonyl (C=O) groups excluding carboxylic acids is 1. The second kappa shape index (κ2) is 8.73. The zero-order valence-corrected chi connectivity index (χ0v) is 16.8. The highest BCUT2D eigenvalue weighted by Crippen LogP contribution is 2.28. The molecule has 2 saturated heterocycles. The molecule has 26 heavy (non-hydrogen) atoms. The number of benzene rings is 1. The van der Waals surface area contributed by atoms with Crippen LogP contribution in [0.1, 0.15) is 36.0 Å². The summed E-state index contributed by atoms with van der Waals surface area (Å²) < 4.78 is 33.0. The summed E-state index contributed by atoms with van der Waals surface area (Å²) >= 11 is 1.46. The molecule has 0 radical (unpaired) electrons. The molecule has 0 N–H and O–H groups in total. The number of carbonyl (C=O) groups is 1. The third-order valence-corrected chi connectivity index (χ3v) is 7.59. The van der Waals surface area contributed by atoms with E-state index in [1.807, 2.05) is 6.26 Å². The van der Waals surface area contributed by atoms with Crippen LogP contribution in [0.15, 0.2) is 28.0 Å². The standard InChI is InChI=1S/C18H26N2O4S2/c1-25-17-7-6-15(26(22,23)20-8-4-2-3-5-9-20)14-16(17)18(21)19-10-12-24-13-11-19/h6-7,14H,2-5,8-13H2,1H3. The van der Waals surface area contributed by atoms with E-state index in [0.717, 1.165) is 30.6 Å². The maximum absolute atomic E-state index is 13.1. The Labute approximate surface area is 159 Å². The summed E-state index contributed by atoms with van der Waals surface area (Å²) in [4.78, 5) is 15.7. The molecular formula is C18H26N2O4S2. The molecule has 0 aliphatic carbocycles. The van der Waals surface area contributed by atoms with Crippen LogP contribution in [-0.4, -0.2) is 69.2 Å². The van der Waals surface area contributed by atoms with Crippen molar-refractivity contribution in [1.82, 2.24) is 9.21 Å². The zero-order valence-electron chi connectivity index (χ0n) is 15.1. The molecule has 2 aliphatic rings. The summed E-state index contributed by atoms with van der Waals surface area (Å²) in [5.41, 5.74) is 0.468. The van der Waals surface area contributed by atoms with Gasteiger partial charge in [0.25, 0.3) is 5.91 Å². The lowest BCUT2D eigenvalue weighted by Crippen LogP contribution is -2.41. The van der Waals surface area contributed by atoms with Crippen LogP contribution >= 0.6 is 11.8 Å². The van der Waals surface area contributed by atoms with Gasteiger partial charge in [0.1, 0.15) is 0 Å². The number of rotatable bonds is 4. The van der Waals surface area contributed by atoms with E-state index < -0.39 is 10.0 Å². The third kappa shape index (κ3) is 4.24. The van der Waals surface area contributed by atoms with E-state index in [9.17, 15) is 13.2 Å². The largest absolute Gasteiger partial charge is 0.378 e. The fourth-order valence-electron chi connectivity index (χ4n) is 3.38. The Bertz CT molecular complexity index is 738. The molecule has 2 fully saturated rings. The molecular weight excluding hydrogens is 372 g/mol. The molecule has 2 aliphatic heterocycles. The number of nitrogens with zero attached hydrogens (tertiary/aromatic N) is 2. The van der Waals surface area contributed by atoms with Gasteiger partial charge in [0.2, 0.25) is 10.0 Å². The minimum atomic E-state index is -3.57. The molecule has 1 aromatic rings. The summed E-state index contributed by atoms with van der Waals surface area (Å²) in [6, 6.07) is 4.94. The van der Waals surface area contributed by atoms with Crippen LogP contribution in [0.3, 0.4) is 0 Å². The first-order valence-electron chi connectivity index (χ1n) is 9.09. The van der Waals surface area contributed by atoms with Gasteiger partial charge in [-0.15, -0.1) is 11.8 Å². The van der Waals surface area contributed by atoms with Gasteiger partial charge in [-0.1, -0.05) is 12.8 Å². The van der Waals surface area contributed by atoms with Crippen molar-refractivity contribution in [3.8, 4) is 0 Å². The molecule has 0 aromatic heterocycles. The van der Waals surface area contributed by atoms with Crippen molar-refractivity contribution in [3.05, 3.63) is 23.8 Å². The monoisotopic (exact) mass is 398 g/mol. The maximum atomic E-state index is 13.1. The Balaban J connectivity index is 1.92. The van der Waals surface area contributed by atoms with Crippen molar-refractivity contribution < 1.29 is 17.9 Å². The van der Waals surface area contributed by atoms with Crippen molar-refractivity contribution >= 4 is 27.7 Å². The highest BCUT2D eigenvalue weighted by atomic mass is 32.2. The lowest BCUT2D eigenvalue weighted by Gasteiger charge is -2.28. The van der Waals surface area contributed by atoms with Crippen molar-refractivity contribution in [2.75, 3.05) is 45.6 Å². The molecule has 6 nitrogen and oxygen atoms in total. The number of thioether (sulfide) groups is 1. The highest BCUT2D eigenvalue weighted by molar-refractivity contribution is 7.98. The van der Waals surface area contributed by atoms with Crippen LogP contribution in [0, 0.1) is 0 Å². The van der Waals surface area contributed by atoms with Gasteiger partial charge in [-0.2, -0.15) is 4.31 Å². The smallest absolute Gasteiger partial charge is 0.255 e. The molecule has 1 aromatic carbocycles. The Morgan fingerprint density at radius 1 is 1.04 bits per heavy atom. The average Bonchev–Trinajstić information content (AvgIpc) is 2.97. The van der Waals surface area contributed by atoms with Crippen molar-refractivity contribution in [3.63, 3.8) is 0 Å². The zero-order chi connectivity index (χ0) is 18.6. The number of hydrogen-bond donors (Lipinski definition) is 0. The first-order chi connectivity index (χ1) is 12.5. The van der Waals surface area contributed by atoms with Crippen LogP contribution in [0.25, 0.3) is 0 Å².